The van der Waals surface area contributed by atoms with E-state index in [9.17, 15) is 13.2 Å². The molecule has 4 aromatic rings. The van der Waals surface area contributed by atoms with E-state index in [0.29, 0.717) is 37.7 Å². The molecule has 0 fully saturated rings. The number of carbonyl (C=O) groups is 1. The van der Waals surface area contributed by atoms with Crippen molar-refractivity contribution in [1.82, 2.24) is 25.0 Å². The van der Waals surface area contributed by atoms with Gasteiger partial charge in [0.05, 0.1) is 17.6 Å². The van der Waals surface area contributed by atoms with Crippen molar-refractivity contribution < 1.29 is 13.2 Å². The Morgan fingerprint density at radius 2 is 1.92 bits per heavy atom. The molecule has 0 aliphatic heterocycles. The highest BCUT2D eigenvalue weighted by atomic mass is 32.2. The van der Waals surface area contributed by atoms with E-state index in [4.69, 9.17) is 5.73 Å². The van der Waals surface area contributed by atoms with Crippen molar-refractivity contribution in [2.45, 2.75) is 31.7 Å². The van der Waals surface area contributed by atoms with E-state index < -0.39 is 15.9 Å². The van der Waals surface area contributed by atoms with E-state index in [-0.39, 0.29) is 10.5 Å². The number of sulfonamides is 1. The summed E-state index contributed by atoms with van der Waals surface area (Å²) in [5, 5.41) is 6.69. The van der Waals surface area contributed by atoms with E-state index in [1.807, 2.05) is 37.3 Å². The molecule has 0 bridgehead atoms. The van der Waals surface area contributed by atoms with Crippen LogP contribution in [0.25, 0.3) is 21.3 Å². The first kappa shape index (κ1) is 25.5. The van der Waals surface area contributed by atoms with Crippen molar-refractivity contribution in [1.29, 1.82) is 0 Å². The molecule has 1 aromatic carbocycles. The molecule has 5 N–H and O–H groups in total. The largest absolute Gasteiger partial charge is 0.383 e. The quantitative estimate of drug-likeness (QED) is 0.246. The average Bonchev–Trinajstić information content (AvgIpc) is 3.35. The fourth-order valence-corrected chi connectivity index (χ4v) is 5.56. The van der Waals surface area contributed by atoms with Gasteiger partial charge in [0.25, 0.3) is 5.91 Å². The molecule has 0 aliphatic carbocycles. The molecule has 3 heterocycles. The Balaban J connectivity index is 1.56. The van der Waals surface area contributed by atoms with Gasteiger partial charge in [-0.1, -0.05) is 13.0 Å². The number of carbonyl (C=O) groups excluding carboxylic acids is 1. The third-order valence-corrected chi connectivity index (χ3v) is 7.90. The maximum Gasteiger partial charge on any atom is 0.255 e. The normalized spacial score (nSPS) is 11.5. The second kappa shape index (κ2) is 11.0. The number of benzene rings is 1. The lowest BCUT2D eigenvalue weighted by molar-refractivity contribution is 0.0956. The first-order valence-corrected chi connectivity index (χ1v) is 13.7. The van der Waals surface area contributed by atoms with Crippen LogP contribution in [-0.4, -0.2) is 42.4 Å². The van der Waals surface area contributed by atoms with Gasteiger partial charge >= 0.3 is 0 Å². The third-order valence-electron chi connectivity index (χ3n) is 5.34. The van der Waals surface area contributed by atoms with Gasteiger partial charge in [0.15, 0.2) is 0 Å². The summed E-state index contributed by atoms with van der Waals surface area (Å²) < 4.78 is 27.6. The molecule has 0 unspecified atom stereocenters. The minimum absolute atomic E-state index is 0.0549. The van der Waals surface area contributed by atoms with Crippen LogP contribution in [0.4, 0.5) is 11.6 Å². The molecule has 188 valence electrons. The number of fused-ring (bicyclic) bond motifs is 1. The van der Waals surface area contributed by atoms with Gasteiger partial charge in [0.2, 0.25) is 10.0 Å². The number of thiophene rings is 1. The van der Waals surface area contributed by atoms with Crippen molar-refractivity contribution in [3.8, 4) is 10.4 Å². The maximum absolute atomic E-state index is 12.7. The highest BCUT2D eigenvalue weighted by molar-refractivity contribution is 7.89. The number of rotatable bonds is 10. The Labute approximate surface area is 213 Å². The first-order chi connectivity index (χ1) is 17.3. The van der Waals surface area contributed by atoms with Crippen LogP contribution in [0.2, 0.25) is 0 Å². The number of amides is 1. The summed E-state index contributed by atoms with van der Waals surface area (Å²) >= 11 is 1.58. The van der Waals surface area contributed by atoms with Crippen molar-refractivity contribution in [3.63, 3.8) is 0 Å². The number of hydrogen-bond acceptors (Lipinski definition) is 9. The zero-order chi connectivity index (χ0) is 25.7. The predicted molar refractivity (Wildman–Crippen MR) is 142 cm³/mol. The average molecular weight is 526 g/mol. The van der Waals surface area contributed by atoms with Crippen molar-refractivity contribution >= 4 is 49.8 Å². The lowest BCUT2D eigenvalue weighted by atomic mass is 10.1. The van der Waals surface area contributed by atoms with Gasteiger partial charge in [0, 0.05) is 34.4 Å². The van der Waals surface area contributed by atoms with Crippen LogP contribution < -0.4 is 21.1 Å². The van der Waals surface area contributed by atoms with Crippen molar-refractivity contribution in [2.75, 3.05) is 24.1 Å². The Kier molecular flexibility index (Phi) is 7.77. The van der Waals surface area contributed by atoms with Crippen LogP contribution in [0, 0.1) is 0 Å². The molecule has 0 saturated carbocycles. The van der Waals surface area contributed by atoms with E-state index in [0.717, 1.165) is 26.2 Å². The van der Waals surface area contributed by atoms with Crippen LogP contribution in [0.3, 0.4) is 0 Å². The van der Waals surface area contributed by atoms with Gasteiger partial charge in [-0.2, -0.15) is 0 Å². The number of anilines is 2. The standard InChI is InChI=1S/C24H27N7O3S2/c1-3-9-31-36(33,34)17-11-19(24(32)26-4-2)23(28-13-17)27-12-16-6-8-21(35-16)15-5-7-20-18(10-15)22(25)30-14-29-20/h5-8,10-11,13-14,31H,3-4,9,12H2,1-2H3,(H,26,32)(H,27,28)(H2,25,29,30). The Bertz CT molecular complexity index is 1500. The summed E-state index contributed by atoms with van der Waals surface area (Å²) in [6, 6.07) is 11.2. The lowest BCUT2D eigenvalue weighted by Crippen LogP contribution is -2.27. The molecular weight excluding hydrogens is 498 g/mol. The molecule has 0 saturated heterocycles. The fourth-order valence-electron chi connectivity index (χ4n) is 3.51. The van der Waals surface area contributed by atoms with E-state index in [2.05, 4.69) is 30.3 Å². The molecule has 36 heavy (non-hydrogen) atoms. The summed E-state index contributed by atoms with van der Waals surface area (Å²) in [5.41, 5.74) is 7.95. The van der Waals surface area contributed by atoms with Crippen molar-refractivity contribution in [2.24, 2.45) is 0 Å². The number of aromatic nitrogens is 3. The van der Waals surface area contributed by atoms with Gasteiger partial charge in [-0.25, -0.2) is 28.1 Å². The first-order valence-electron chi connectivity index (χ1n) is 11.4. The summed E-state index contributed by atoms with van der Waals surface area (Å²) in [5.74, 6) is 0.337. The number of nitrogens with zero attached hydrogens (tertiary/aromatic N) is 3. The van der Waals surface area contributed by atoms with Gasteiger partial charge < -0.3 is 16.4 Å². The monoisotopic (exact) mass is 525 g/mol. The SMILES string of the molecule is CCCNS(=O)(=O)c1cnc(NCc2ccc(-c3ccc4ncnc(N)c4c3)s2)c(C(=O)NCC)c1. The molecule has 0 radical (unpaired) electrons. The maximum atomic E-state index is 12.7. The van der Waals surface area contributed by atoms with E-state index >= 15 is 0 Å². The van der Waals surface area contributed by atoms with E-state index in [1.54, 1.807) is 18.3 Å². The summed E-state index contributed by atoms with van der Waals surface area (Å²) in [6.07, 6.45) is 3.35. The number of nitrogens with one attached hydrogen (secondary N) is 3. The van der Waals surface area contributed by atoms with Crippen LogP contribution in [0.15, 0.2) is 53.8 Å². The fraction of sp³-hybridized carbons (Fsp3) is 0.250. The topological polar surface area (TPSA) is 152 Å². The number of nitrogens with two attached hydrogens (primary N) is 1. The number of hydrogen-bond donors (Lipinski definition) is 4. The second-order valence-electron chi connectivity index (χ2n) is 7.93. The molecule has 3 aromatic heterocycles. The second-order valence-corrected chi connectivity index (χ2v) is 10.9. The summed E-state index contributed by atoms with van der Waals surface area (Å²) in [7, 11) is -3.76. The minimum Gasteiger partial charge on any atom is -0.383 e. The van der Waals surface area contributed by atoms with Gasteiger partial charge in [-0.05, 0) is 49.2 Å². The molecule has 0 spiro atoms. The molecule has 0 aliphatic rings. The van der Waals surface area contributed by atoms with Crippen LogP contribution in [0.5, 0.6) is 0 Å². The highest BCUT2D eigenvalue weighted by Crippen LogP contribution is 2.31. The lowest BCUT2D eigenvalue weighted by Gasteiger charge is -2.13. The smallest absolute Gasteiger partial charge is 0.255 e. The van der Waals surface area contributed by atoms with Gasteiger partial charge in [-0.15, -0.1) is 11.3 Å². The predicted octanol–water partition coefficient (Wildman–Crippen LogP) is 3.39. The Morgan fingerprint density at radius 1 is 1.08 bits per heavy atom. The van der Waals surface area contributed by atoms with Gasteiger partial charge in [0.1, 0.15) is 22.9 Å². The zero-order valence-electron chi connectivity index (χ0n) is 19.9. The number of nitrogen functional groups attached to an aromatic ring is 1. The van der Waals surface area contributed by atoms with Crippen molar-refractivity contribution in [3.05, 3.63) is 59.4 Å². The molecular formula is C24H27N7O3S2. The highest BCUT2D eigenvalue weighted by Gasteiger charge is 2.20. The van der Waals surface area contributed by atoms with Crippen LogP contribution >= 0.6 is 11.3 Å². The van der Waals surface area contributed by atoms with E-state index in [1.165, 1.54) is 18.6 Å². The molecule has 1 amide bonds. The molecule has 4 rings (SSSR count). The molecule has 0 atom stereocenters. The summed E-state index contributed by atoms with van der Waals surface area (Å²) in [4.78, 5) is 27.2. The van der Waals surface area contributed by atoms with Crippen LogP contribution in [0.1, 0.15) is 35.5 Å². The molecule has 10 nitrogen and oxygen atoms in total. The summed E-state index contributed by atoms with van der Waals surface area (Å²) in [6.45, 7) is 4.77. The third kappa shape index (κ3) is 5.61. The minimum atomic E-state index is -3.76. The molecule has 12 heteroatoms. The van der Waals surface area contributed by atoms with Gasteiger partial charge in [-0.3, -0.25) is 4.79 Å². The van der Waals surface area contributed by atoms with Crippen LogP contribution in [-0.2, 0) is 16.6 Å². The Hall–Kier alpha value is -3.61. The number of pyridine rings is 1. The Morgan fingerprint density at radius 3 is 2.69 bits per heavy atom. The zero-order valence-corrected chi connectivity index (χ0v) is 21.5.